The molecule has 0 aliphatic heterocycles. The Hall–Kier alpha value is -0.680. The van der Waals surface area contributed by atoms with Gasteiger partial charge in [0.2, 0.25) is 5.91 Å². The molecule has 1 aliphatic carbocycles. The van der Waals surface area contributed by atoms with Crippen LogP contribution in [0.2, 0.25) is 0 Å². The van der Waals surface area contributed by atoms with Crippen LogP contribution >= 0.6 is 27.7 Å². The monoisotopic (exact) mass is 371 g/mol. The quantitative estimate of drug-likeness (QED) is 0.816. The molecule has 1 amide bonds. The van der Waals surface area contributed by atoms with Crippen LogP contribution in [-0.4, -0.2) is 24.8 Å². The van der Waals surface area contributed by atoms with Gasteiger partial charge in [0.25, 0.3) is 0 Å². The van der Waals surface area contributed by atoms with Gasteiger partial charge in [-0.15, -0.1) is 11.8 Å². The Labute approximate surface area is 139 Å². The molecule has 1 saturated carbocycles. The SMILES string of the molecule is COc1ccc(Br)cc1CSCC(=O)NC1CCCCC1. The first-order valence-corrected chi connectivity index (χ1v) is 9.33. The maximum absolute atomic E-state index is 12.0. The van der Waals surface area contributed by atoms with Crippen molar-refractivity contribution in [3.63, 3.8) is 0 Å². The van der Waals surface area contributed by atoms with Crippen molar-refractivity contribution < 1.29 is 9.53 Å². The standard InChI is InChI=1S/C16H22BrNO2S/c1-20-15-8-7-13(17)9-12(15)10-21-11-16(19)18-14-5-3-2-4-6-14/h7-9,14H,2-6,10-11H2,1H3,(H,18,19). The van der Waals surface area contributed by atoms with Crippen molar-refractivity contribution in [1.82, 2.24) is 5.32 Å². The molecule has 0 saturated heterocycles. The van der Waals surface area contributed by atoms with Crippen molar-refractivity contribution in [2.75, 3.05) is 12.9 Å². The predicted molar refractivity (Wildman–Crippen MR) is 91.9 cm³/mol. The summed E-state index contributed by atoms with van der Waals surface area (Å²) in [5.41, 5.74) is 1.11. The fourth-order valence-corrected chi connectivity index (χ4v) is 3.85. The number of hydrogen-bond donors (Lipinski definition) is 1. The Balaban J connectivity index is 1.75. The molecule has 2 rings (SSSR count). The van der Waals surface area contributed by atoms with Crippen LogP contribution < -0.4 is 10.1 Å². The van der Waals surface area contributed by atoms with Gasteiger partial charge in [0.15, 0.2) is 0 Å². The van der Waals surface area contributed by atoms with Gasteiger partial charge in [0.05, 0.1) is 12.9 Å². The lowest BCUT2D eigenvalue weighted by Gasteiger charge is -2.22. The first-order chi connectivity index (χ1) is 10.2. The smallest absolute Gasteiger partial charge is 0.230 e. The molecule has 0 bridgehead atoms. The second-order valence-corrected chi connectivity index (χ2v) is 7.25. The minimum atomic E-state index is 0.154. The van der Waals surface area contributed by atoms with Crippen LogP contribution in [0.25, 0.3) is 0 Å². The molecule has 0 unspecified atom stereocenters. The molecule has 21 heavy (non-hydrogen) atoms. The number of hydrogen-bond acceptors (Lipinski definition) is 3. The van der Waals surface area contributed by atoms with E-state index in [1.807, 2.05) is 18.2 Å². The van der Waals surface area contributed by atoms with Crippen LogP contribution in [0, 0.1) is 0 Å². The number of methoxy groups -OCH3 is 1. The molecule has 0 heterocycles. The molecule has 0 aromatic heterocycles. The van der Waals surface area contributed by atoms with Crippen LogP contribution in [0.3, 0.4) is 0 Å². The van der Waals surface area contributed by atoms with E-state index in [4.69, 9.17) is 4.74 Å². The van der Waals surface area contributed by atoms with Crippen LogP contribution in [0.1, 0.15) is 37.7 Å². The number of nitrogens with one attached hydrogen (secondary N) is 1. The number of ether oxygens (including phenoxy) is 1. The summed E-state index contributed by atoms with van der Waals surface area (Å²) in [6, 6.07) is 6.35. The molecule has 3 nitrogen and oxygen atoms in total. The maximum Gasteiger partial charge on any atom is 0.230 e. The van der Waals surface area contributed by atoms with E-state index in [1.165, 1.54) is 19.3 Å². The van der Waals surface area contributed by atoms with Gasteiger partial charge < -0.3 is 10.1 Å². The summed E-state index contributed by atoms with van der Waals surface area (Å²) < 4.78 is 6.38. The number of thioether (sulfide) groups is 1. The number of carbonyl (C=O) groups is 1. The Kier molecular flexibility index (Phi) is 6.90. The zero-order valence-electron chi connectivity index (χ0n) is 12.4. The molecule has 1 fully saturated rings. The average Bonchev–Trinajstić information content (AvgIpc) is 2.48. The van der Waals surface area contributed by atoms with Crippen molar-refractivity contribution in [3.05, 3.63) is 28.2 Å². The summed E-state index contributed by atoms with van der Waals surface area (Å²) in [6.45, 7) is 0. The van der Waals surface area contributed by atoms with Crippen LogP contribution in [-0.2, 0) is 10.5 Å². The van der Waals surface area contributed by atoms with Crippen molar-refractivity contribution in [3.8, 4) is 5.75 Å². The highest BCUT2D eigenvalue weighted by Crippen LogP contribution is 2.26. The summed E-state index contributed by atoms with van der Waals surface area (Å²) in [7, 11) is 1.67. The van der Waals surface area contributed by atoms with E-state index in [1.54, 1.807) is 18.9 Å². The molecule has 0 spiro atoms. The number of rotatable bonds is 6. The van der Waals surface area contributed by atoms with Gasteiger partial charge in [0, 0.05) is 21.8 Å². The van der Waals surface area contributed by atoms with E-state index in [-0.39, 0.29) is 5.91 Å². The molecule has 0 atom stereocenters. The van der Waals surface area contributed by atoms with Crippen molar-refractivity contribution >= 4 is 33.6 Å². The summed E-state index contributed by atoms with van der Waals surface area (Å²) in [5, 5.41) is 3.14. The maximum atomic E-state index is 12.0. The molecular formula is C16H22BrNO2S. The second kappa shape index (κ2) is 8.69. The lowest BCUT2D eigenvalue weighted by Crippen LogP contribution is -2.37. The van der Waals surface area contributed by atoms with Gasteiger partial charge in [0.1, 0.15) is 5.75 Å². The summed E-state index contributed by atoms with van der Waals surface area (Å²) in [6.07, 6.45) is 6.07. The van der Waals surface area contributed by atoms with E-state index < -0.39 is 0 Å². The zero-order valence-corrected chi connectivity index (χ0v) is 14.8. The third-order valence-corrected chi connectivity index (χ3v) is 5.18. The van der Waals surface area contributed by atoms with E-state index in [0.29, 0.717) is 11.8 Å². The molecule has 5 heteroatoms. The number of carbonyl (C=O) groups excluding carboxylic acids is 1. The number of benzene rings is 1. The summed E-state index contributed by atoms with van der Waals surface area (Å²) in [4.78, 5) is 12.0. The van der Waals surface area contributed by atoms with E-state index in [9.17, 15) is 4.79 Å². The highest BCUT2D eigenvalue weighted by molar-refractivity contribution is 9.10. The molecule has 1 aliphatic rings. The lowest BCUT2D eigenvalue weighted by molar-refractivity contribution is -0.119. The molecular weight excluding hydrogens is 350 g/mol. The van der Waals surface area contributed by atoms with Gasteiger partial charge in [-0.1, -0.05) is 35.2 Å². The minimum absolute atomic E-state index is 0.154. The van der Waals surface area contributed by atoms with Gasteiger partial charge in [-0.2, -0.15) is 0 Å². The number of amides is 1. The Morgan fingerprint density at radius 3 is 2.86 bits per heavy atom. The molecule has 1 aromatic carbocycles. The fraction of sp³-hybridized carbons (Fsp3) is 0.562. The third-order valence-electron chi connectivity index (χ3n) is 3.70. The van der Waals surface area contributed by atoms with Crippen LogP contribution in [0.5, 0.6) is 5.75 Å². The highest BCUT2D eigenvalue weighted by atomic mass is 79.9. The molecule has 1 aromatic rings. The Morgan fingerprint density at radius 2 is 2.14 bits per heavy atom. The lowest BCUT2D eigenvalue weighted by atomic mass is 9.95. The van der Waals surface area contributed by atoms with Gasteiger partial charge in [-0.05, 0) is 31.0 Å². The molecule has 116 valence electrons. The third kappa shape index (κ3) is 5.55. The van der Waals surface area contributed by atoms with Crippen molar-refractivity contribution in [1.29, 1.82) is 0 Å². The summed E-state index contributed by atoms with van der Waals surface area (Å²) >= 11 is 5.10. The minimum Gasteiger partial charge on any atom is -0.496 e. The Morgan fingerprint density at radius 1 is 1.38 bits per heavy atom. The molecule has 0 radical (unpaired) electrons. The fourth-order valence-electron chi connectivity index (χ4n) is 2.63. The highest BCUT2D eigenvalue weighted by Gasteiger charge is 2.15. The first-order valence-electron chi connectivity index (χ1n) is 7.38. The first kappa shape index (κ1) is 16.7. The van der Waals surface area contributed by atoms with E-state index >= 15 is 0 Å². The molecule has 1 N–H and O–H groups in total. The largest absolute Gasteiger partial charge is 0.496 e. The van der Waals surface area contributed by atoms with Gasteiger partial charge in [-0.25, -0.2) is 0 Å². The normalized spacial score (nSPS) is 15.7. The Bertz CT molecular complexity index is 475. The van der Waals surface area contributed by atoms with Gasteiger partial charge >= 0.3 is 0 Å². The van der Waals surface area contributed by atoms with Crippen LogP contribution in [0.4, 0.5) is 0 Å². The van der Waals surface area contributed by atoms with Crippen molar-refractivity contribution in [2.24, 2.45) is 0 Å². The number of halogens is 1. The van der Waals surface area contributed by atoms with E-state index in [0.717, 1.165) is 34.4 Å². The van der Waals surface area contributed by atoms with Crippen LogP contribution in [0.15, 0.2) is 22.7 Å². The zero-order chi connectivity index (χ0) is 15.1. The van der Waals surface area contributed by atoms with Gasteiger partial charge in [-0.3, -0.25) is 4.79 Å². The van der Waals surface area contributed by atoms with E-state index in [2.05, 4.69) is 21.2 Å². The summed E-state index contributed by atoms with van der Waals surface area (Å²) in [5.74, 6) is 2.31. The second-order valence-electron chi connectivity index (χ2n) is 5.35. The predicted octanol–water partition coefficient (Wildman–Crippen LogP) is 4.14. The van der Waals surface area contributed by atoms with Crippen molar-refractivity contribution in [2.45, 2.75) is 43.9 Å². The average molecular weight is 372 g/mol. The topological polar surface area (TPSA) is 38.3 Å².